The fourth-order valence-corrected chi connectivity index (χ4v) is 3.78. The molecule has 1 atom stereocenters. The van der Waals surface area contributed by atoms with Crippen LogP contribution in [0.2, 0.25) is 0 Å². The predicted molar refractivity (Wildman–Crippen MR) is 89.8 cm³/mol. The van der Waals surface area contributed by atoms with Crippen LogP contribution in [0.3, 0.4) is 0 Å². The topological polar surface area (TPSA) is 55.2 Å². The van der Waals surface area contributed by atoms with Gasteiger partial charge in [-0.25, -0.2) is 0 Å². The number of rotatable bonds is 5. The van der Waals surface area contributed by atoms with Gasteiger partial charge in [0.1, 0.15) is 0 Å². The van der Waals surface area contributed by atoms with Gasteiger partial charge in [-0.2, -0.15) is 0 Å². The summed E-state index contributed by atoms with van der Waals surface area (Å²) in [7, 11) is 0. The minimum absolute atomic E-state index is 0.1000. The Labute approximate surface area is 136 Å². The molecule has 0 aliphatic rings. The summed E-state index contributed by atoms with van der Waals surface area (Å²) in [6.07, 6.45) is 0. The molecule has 6 heteroatoms. The van der Waals surface area contributed by atoms with Gasteiger partial charge in [0.2, 0.25) is 0 Å². The highest BCUT2D eigenvalue weighted by molar-refractivity contribution is 9.10. The lowest BCUT2D eigenvalue weighted by molar-refractivity contribution is -0.384. The second-order valence-corrected chi connectivity index (χ2v) is 7.32. The van der Waals surface area contributed by atoms with Crippen molar-refractivity contribution in [2.24, 2.45) is 0 Å². The fraction of sp³-hybridized carbons (Fsp3) is 0.333. The zero-order valence-corrected chi connectivity index (χ0v) is 14.5. The van der Waals surface area contributed by atoms with Crippen molar-refractivity contribution < 1.29 is 4.92 Å². The van der Waals surface area contributed by atoms with E-state index in [0.717, 1.165) is 10.0 Å². The Bertz CT molecular complexity index is 670. The van der Waals surface area contributed by atoms with Gasteiger partial charge in [-0.15, -0.1) is 11.3 Å². The highest BCUT2D eigenvalue weighted by Gasteiger charge is 2.13. The predicted octanol–water partition coefficient (Wildman–Crippen LogP) is 4.89. The molecule has 0 aliphatic heterocycles. The van der Waals surface area contributed by atoms with Gasteiger partial charge in [-0.05, 0) is 44.0 Å². The van der Waals surface area contributed by atoms with Gasteiger partial charge in [-0.1, -0.05) is 15.9 Å². The molecular formula is C15H17BrN2O2S. The number of nitrogens with one attached hydrogen (secondary N) is 1. The van der Waals surface area contributed by atoms with Crippen LogP contribution in [0, 0.1) is 24.0 Å². The first-order chi connectivity index (χ1) is 9.88. The number of hydrogen-bond donors (Lipinski definition) is 1. The standard InChI is InChI=1S/C15H17BrN2O2S/c1-9-6-14(11(3)21-9)10(2)17-8-12-4-5-13(18(19)20)7-15(12)16/h4-7,10,17H,8H2,1-3H3. The van der Waals surface area contributed by atoms with Crippen molar-refractivity contribution in [1.82, 2.24) is 5.32 Å². The molecule has 1 unspecified atom stereocenters. The van der Waals surface area contributed by atoms with Gasteiger partial charge < -0.3 is 5.32 Å². The number of nitrogens with zero attached hydrogens (tertiary/aromatic N) is 1. The first-order valence-corrected chi connectivity index (χ1v) is 8.22. The zero-order valence-electron chi connectivity index (χ0n) is 12.1. The molecule has 1 N–H and O–H groups in total. The molecule has 0 spiro atoms. The molecule has 2 rings (SSSR count). The SMILES string of the molecule is Cc1cc(C(C)NCc2ccc([N+](=O)[O-])cc2Br)c(C)s1. The van der Waals surface area contributed by atoms with Crippen LogP contribution in [0.15, 0.2) is 28.7 Å². The highest BCUT2D eigenvalue weighted by atomic mass is 79.9. The Hall–Kier alpha value is -1.24. The van der Waals surface area contributed by atoms with Crippen molar-refractivity contribution in [2.45, 2.75) is 33.4 Å². The summed E-state index contributed by atoms with van der Waals surface area (Å²) in [5, 5.41) is 14.2. The zero-order chi connectivity index (χ0) is 15.6. The lowest BCUT2D eigenvalue weighted by Crippen LogP contribution is -2.18. The van der Waals surface area contributed by atoms with Gasteiger partial charge in [0.05, 0.1) is 4.92 Å². The van der Waals surface area contributed by atoms with Gasteiger partial charge >= 0.3 is 0 Å². The maximum absolute atomic E-state index is 10.7. The number of halogens is 1. The first kappa shape index (κ1) is 16.1. The smallest absolute Gasteiger partial charge is 0.270 e. The molecule has 0 saturated carbocycles. The van der Waals surface area contributed by atoms with Gasteiger partial charge in [0, 0.05) is 38.9 Å². The molecule has 21 heavy (non-hydrogen) atoms. The van der Waals surface area contributed by atoms with Crippen molar-refractivity contribution in [2.75, 3.05) is 0 Å². The van der Waals surface area contributed by atoms with Crippen LogP contribution in [0.1, 0.15) is 33.8 Å². The van der Waals surface area contributed by atoms with Crippen LogP contribution >= 0.6 is 27.3 Å². The second kappa shape index (κ2) is 6.68. The van der Waals surface area contributed by atoms with E-state index < -0.39 is 0 Å². The normalized spacial score (nSPS) is 12.4. The Kier molecular flexibility index (Phi) is 5.13. The van der Waals surface area contributed by atoms with E-state index in [1.54, 1.807) is 23.5 Å². The molecule has 0 saturated heterocycles. The Morgan fingerprint density at radius 2 is 2.10 bits per heavy atom. The van der Waals surface area contributed by atoms with E-state index in [0.29, 0.717) is 6.54 Å². The Morgan fingerprint density at radius 3 is 2.62 bits per heavy atom. The molecule has 0 bridgehead atoms. The summed E-state index contributed by atoms with van der Waals surface area (Å²) in [6.45, 7) is 7.04. The van der Waals surface area contributed by atoms with Crippen LogP contribution in [0.4, 0.5) is 5.69 Å². The van der Waals surface area contributed by atoms with Gasteiger partial charge in [-0.3, -0.25) is 10.1 Å². The van der Waals surface area contributed by atoms with Gasteiger partial charge in [0.15, 0.2) is 0 Å². The number of thiophene rings is 1. The number of nitro benzene ring substituents is 1. The molecule has 4 nitrogen and oxygen atoms in total. The molecule has 2 aromatic rings. The van der Waals surface area contributed by atoms with Crippen LogP contribution < -0.4 is 5.32 Å². The van der Waals surface area contributed by atoms with Crippen LogP contribution in [-0.2, 0) is 6.54 Å². The fourth-order valence-electron chi connectivity index (χ4n) is 2.25. The van der Waals surface area contributed by atoms with E-state index in [4.69, 9.17) is 0 Å². The summed E-state index contributed by atoms with van der Waals surface area (Å²) >= 11 is 5.20. The van der Waals surface area contributed by atoms with E-state index in [-0.39, 0.29) is 16.7 Å². The molecule has 0 amide bonds. The number of benzene rings is 1. The molecule has 1 aromatic carbocycles. The van der Waals surface area contributed by atoms with Crippen LogP contribution in [-0.4, -0.2) is 4.92 Å². The maximum atomic E-state index is 10.7. The van der Waals surface area contributed by atoms with Crippen molar-refractivity contribution in [3.63, 3.8) is 0 Å². The summed E-state index contributed by atoms with van der Waals surface area (Å²) < 4.78 is 0.759. The lowest BCUT2D eigenvalue weighted by atomic mass is 10.1. The number of nitro groups is 1. The molecule has 1 aromatic heterocycles. The van der Waals surface area contributed by atoms with Crippen molar-refractivity contribution >= 4 is 33.0 Å². The third-order valence-electron chi connectivity index (χ3n) is 3.39. The lowest BCUT2D eigenvalue weighted by Gasteiger charge is -2.14. The molecule has 112 valence electrons. The summed E-state index contributed by atoms with van der Waals surface area (Å²) in [5.74, 6) is 0. The molecule has 0 radical (unpaired) electrons. The first-order valence-electron chi connectivity index (χ1n) is 6.61. The van der Waals surface area contributed by atoms with E-state index in [2.05, 4.69) is 48.1 Å². The van der Waals surface area contributed by atoms with E-state index >= 15 is 0 Å². The average molecular weight is 369 g/mol. The summed E-state index contributed by atoms with van der Waals surface area (Å²) in [6, 6.07) is 7.32. The van der Waals surface area contributed by atoms with E-state index in [9.17, 15) is 10.1 Å². The van der Waals surface area contributed by atoms with Gasteiger partial charge in [0.25, 0.3) is 5.69 Å². The number of aryl methyl sites for hydroxylation is 2. The highest BCUT2D eigenvalue weighted by Crippen LogP contribution is 2.27. The quantitative estimate of drug-likeness (QED) is 0.603. The Morgan fingerprint density at radius 1 is 1.38 bits per heavy atom. The largest absolute Gasteiger partial charge is 0.306 e. The Balaban J connectivity index is 2.06. The van der Waals surface area contributed by atoms with E-state index in [1.807, 2.05) is 0 Å². The summed E-state index contributed by atoms with van der Waals surface area (Å²) in [4.78, 5) is 13.0. The van der Waals surface area contributed by atoms with Crippen molar-refractivity contribution in [1.29, 1.82) is 0 Å². The van der Waals surface area contributed by atoms with Crippen LogP contribution in [0.25, 0.3) is 0 Å². The molecule has 0 aliphatic carbocycles. The van der Waals surface area contributed by atoms with Crippen molar-refractivity contribution in [3.8, 4) is 0 Å². The summed E-state index contributed by atoms with van der Waals surface area (Å²) in [5.41, 5.74) is 2.43. The number of non-ortho nitro benzene ring substituents is 1. The van der Waals surface area contributed by atoms with E-state index in [1.165, 1.54) is 21.4 Å². The maximum Gasteiger partial charge on any atom is 0.270 e. The second-order valence-electron chi connectivity index (χ2n) is 5.00. The monoisotopic (exact) mass is 368 g/mol. The molecule has 0 fully saturated rings. The molecule has 1 heterocycles. The molecular weight excluding hydrogens is 352 g/mol. The van der Waals surface area contributed by atoms with Crippen molar-refractivity contribution in [3.05, 3.63) is 59.7 Å². The minimum atomic E-state index is -0.387. The minimum Gasteiger partial charge on any atom is -0.306 e. The third kappa shape index (κ3) is 3.90. The number of hydrogen-bond acceptors (Lipinski definition) is 4. The third-order valence-corrected chi connectivity index (χ3v) is 5.11. The average Bonchev–Trinajstić information content (AvgIpc) is 2.75. The van der Waals surface area contributed by atoms with Crippen LogP contribution in [0.5, 0.6) is 0 Å².